The van der Waals surface area contributed by atoms with E-state index in [1.807, 2.05) is 0 Å². The van der Waals surface area contributed by atoms with Crippen LogP contribution in [0.4, 0.5) is 17.6 Å². The van der Waals surface area contributed by atoms with Crippen LogP contribution >= 0.6 is 11.3 Å². The van der Waals surface area contributed by atoms with Crippen molar-refractivity contribution in [2.75, 3.05) is 6.26 Å². The van der Waals surface area contributed by atoms with Crippen LogP contribution in [0, 0.1) is 5.82 Å². The minimum atomic E-state index is -4.92. The van der Waals surface area contributed by atoms with Crippen LogP contribution in [0.15, 0.2) is 94.7 Å². The summed E-state index contributed by atoms with van der Waals surface area (Å²) in [6, 6.07) is 18.8. The van der Waals surface area contributed by atoms with Gasteiger partial charge in [0.2, 0.25) is 10.0 Å². The van der Waals surface area contributed by atoms with Gasteiger partial charge in [-0.15, -0.1) is 11.3 Å². The van der Waals surface area contributed by atoms with E-state index in [9.17, 15) is 34.4 Å². The Labute approximate surface area is 222 Å². The quantitative estimate of drug-likeness (QED) is 0.226. The zero-order valence-corrected chi connectivity index (χ0v) is 22.3. The number of rotatable bonds is 8. The summed E-state index contributed by atoms with van der Waals surface area (Å²) in [5, 5.41) is 0. The maximum atomic E-state index is 14.5. The fourth-order valence-electron chi connectivity index (χ4n) is 3.78. The molecule has 3 aromatic carbocycles. The van der Waals surface area contributed by atoms with E-state index in [4.69, 9.17) is 0 Å². The smallest absolute Gasteiger partial charge is 0.224 e. The zero-order valence-electron chi connectivity index (χ0n) is 19.8. The fraction of sp³-hybridized carbons (Fsp3) is 0.154. The minimum absolute atomic E-state index is 0.00167. The Bertz CT molecular complexity index is 1680. The van der Waals surface area contributed by atoms with Crippen LogP contribution in [0.25, 0.3) is 10.4 Å². The van der Waals surface area contributed by atoms with E-state index in [1.165, 1.54) is 36.4 Å². The van der Waals surface area contributed by atoms with Crippen LogP contribution < -0.4 is 0 Å². The van der Waals surface area contributed by atoms with Gasteiger partial charge < -0.3 is 0 Å². The summed E-state index contributed by atoms with van der Waals surface area (Å²) >= 11 is 1.15. The van der Waals surface area contributed by atoms with Gasteiger partial charge in [-0.05, 0) is 48.0 Å². The van der Waals surface area contributed by atoms with Crippen LogP contribution in [0.5, 0.6) is 0 Å². The SMILES string of the molecule is CS(=O)(=O)c1cccc(-c2ccc(CN(Cc3ccccc3F)S(=O)(=O)c3ccccc3C(F)(F)F)s2)c1. The van der Waals surface area contributed by atoms with E-state index in [-0.39, 0.29) is 17.0 Å². The average molecular weight is 584 g/mol. The second-order valence-corrected chi connectivity index (χ2v) is 13.5. The van der Waals surface area contributed by atoms with Gasteiger partial charge >= 0.3 is 6.18 Å². The van der Waals surface area contributed by atoms with Gasteiger partial charge in [0.25, 0.3) is 0 Å². The second-order valence-electron chi connectivity index (χ2n) is 8.42. The predicted octanol–water partition coefficient (Wildman–Crippen LogP) is 6.37. The highest BCUT2D eigenvalue weighted by Crippen LogP contribution is 2.37. The monoisotopic (exact) mass is 583 g/mol. The Morgan fingerprint density at radius 3 is 2.18 bits per heavy atom. The largest absolute Gasteiger partial charge is 0.417 e. The van der Waals surface area contributed by atoms with E-state index in [0.29, 0.717) is 21.4 Å². The van der Waals surface area contributed by atoms with Crippen molar-refractivity contribution in [1.29, 1.82) is 0 Å². The molecule has 0 unspecified atom stereocenters. The van der Waals surface area contributed by atoms with Gasteiger partial charge in [-0.25, -0.2) is 21.2 Å². The van der Waals surface area contributed by atoms with Crippen LogP contribution in [0.3, 0.4) is 0 Å². The molecule has 4 aromatic rings. The van der Waals surface area contributed by atoms with Crippen molar-refractivity contribution < 1.29 is 34.4 Å². The molecule has 0 amide bonds. The molecule has 0 aliphatic heterocycles. The van der Waals surface area contributed by atoms with Crippen molar-refractivity contribution in [2.45, 2.75) is 29.1 Å². The number of thiophene rings is 1. The highest BCUT2D eigenvalue weighted by atomic mass is 32.2. The topological polar surface area (TPSA) is 71.5 Å². The maximum absolute atomic E-state index is 14.5. The third-order valence-electron chi connectivity index (χ3n) is 5.66. The highest BCUT2D eigenvalue weighted by molar-refractivity contribution is 7.90. The molecule has 4 rings (SSSR count). The Morgan fingerprint density at radius 2 is 1.50 bits per heavy atom. The van der Waals surface area contributed by atoms with E-state index in [1.54, 1.807) is 24.3 Å². The highest BCUT2D eigenvalue weighted by Gasteiger charge is 2.39. The Balaban J connectivity index is 1.75. The molecular weight excluding hydrogens is 562 g/mol. The van der Waals surface area contributed by atoms with Crippen LogP contribution in [0.1, 0.15) is 16.0 Å². The van der Waals surface area contributed by atoms with Crippen molar-refractivity contribution in [2.24, 2.45) is 0 Å². The summed E-state index contributed by atoms with van der Waals surface area (Å²) in [5.41, 5.74) is -0.740. The lowest BCUT2D eigenvalue weighted by atomic mass is 10.2. The van der Waals surface area contributed by atoms with Gasteiger partial charge in [-0.1, -0.05) is 42.5 Å². The van der Waals surface area contributed by atoms with Gasteiger partial charge in [0, 0.05) is 34.7 Å². The number of hydrogen-bond acceptors (Lipinski definition) is 5. The van der Waals surface area contributed by atoms with Crippen molar-refractivity contribution >= 4 is 31.2 Å². The molecule has 0 aliphatic carbocycles. The Hall–Kier alpha value is -3.06. The number of halogens is 4. The van der Waals surface area contributed by atoms with Gasteiger partial charge in [0.05, 0.1) is 15.4 Å². The summed E-state index contributed by atoms with van der Waals surface area (Å²) in [5.74, 6) is -0.693. The molecule has 200 valence electrons. The summed E-state index contributed by atoms with van der Waals surface area (Å²) < 4.78 is 107. The molecule has 0 N–H and O–H groups in total. The molecule has 1 heterocycles. The maximum Gasteiger partial charge on any atom is 0.417 e. The van der Waals surface area contributed by atoms with Gasteiger partial charge in [-0.2, -0.15) is 17.5 Å². The summed E-state index contributed by atoms with van der Waals surface area (Å²) in [7, 11) is -8.20. The molecule has 0 fully saturated rings. The van der Waals surface area contributed by atoms with E-state index in [0.717, 1.165) is 40.1 Å². The van der Waals surface area contributed by atoms with E-state index in [2.05, 4.69) is 0 Å². The molecular formula is C26H21F4NO4S3. The molecule has 0 radical (unpaired) electrons. The lowest BCUT2D eigenvalue weighted by Crippen LogP contribution is -2.32. The summed E-state index contributed by atoms with van der Waals surface area (Å²) in [6.07, 6.45) is -3.84. The number of nitrogens with zero attached hydrogens (tertiary/aromatic N) is 1. The third kappa shape index (κ3) is 6.15. The Kier molecular flexibility index (Phi) is 7.80. The molecule has 0 spiro atoms. The number of alkyl halides is 3. The number of hydrogen-bond donors (Lipinski definition) is 0. The molecule has 0 saturated heterocycles. The first-order chi connectivity index (χ1) is 17.8. The lowest BCUT2D eigenvalue weighted by molar-refractivity contribution is -0.139. The average Bonchev–Trinajstić information content (AvgIpc) is 3.33. The van der Waals surface area contributed by atoms with Crippen LogP contribution in [-0.2, 0) is 39.1 Å². The van der Waals surface area contributed by atoms with Gasteiger partial charge in [0.15, 0.2) is 9.84 Å². The van der Waals surface area contributed by atoms with Crippen molar-refractivity contribution in [3.63, 3.8) is 0 Å². The van der Waals surface area contributed by atoms with Crippen molar-refractivity contribution in [3.05, 3.63) is 107 Å². The number of sulfonamides is 1. The Morgan fingerprint density at radius 1 is 0.816 bits per heavy atom. The standard InChI is InChI=1S/C26H21F4NO4S3/c1-37(32,33)21-9-6-8-18(15-21)24-14-13-20(36-24)17-31(16-19-7-2-4-11-23(19)27)38(34,35)25-12-5-3-10-22(25)26(28,29)30/h2-15H,16-17H2,1H3. The molecule has 0 saturated carbocycles. The third-order valence-corrected chi connectivity index (χ3v) is 9.73. The van der Waals surface area contributed by atoms with Crippen molar-refractivity contribution in [3.8, 4) is 10.4 Å². The predicted molar refractivity (Wildman–Crippen MR) is 137 cm³/mol. The molecule has 0 aliphatic rings. The molecule has 5 nitrogen and oxygen atoms in total. The lowest BCUT2D eigenvalue weighted by Gasteiger charge is -2.24. The summed E-state index contributed by atoms with van der Waals surface area (Å²) in [4.78, 5) is 0.275. The van der Waals surface area contributed by atoms with Crippen LogP contribution in [-0.4, -0.2) is 27.4 Å². The molecule has 1 aromatic heterocycles. The second kappa shape index (κ2) is 10.6. The minimum Gasteiger partial charge on any atom is -0.224 e. The zero-order chi connectivity index (χ0) is 27.7. The number of sulfone groups is 1. The van der Waals surface area contributed by atoms with E-state index < -0.39 is 48.9 Å². The summed E-state index contributed by atoms with van der Waals surface area (Å²) in [6.45, 7) is -0.836. The number of benzene rings is 3. The normalized spacial score (nSPS) is 12.7. The van der Waals surface area contributed by atoms with Gasteiger partial charge in [-0.3, -0.25) is 0 Å². The molecule has 0 bridgehead atoms. The first kappa shape index (κ1) is 28.0. The molecule has 38 heavy (non-hydrogen) atoms. The van der Waals surface area contributed by atoms with Crippen molar-refractivity contribution in [1.82, 2.24) is 4.31 Å². The van der Waals surface area contributed by atoms with Gasteiger partial charge in [0.1, 0.15) is 5.82 Å². The fourth-order valence-corrected chi connectivity index (χ4v) is 7.16. The molecule has 0 atom stereocenters. The molecule has 12 heteroatoms. The first-order valence-electron chi connectivity index (χ1n) is 11.1. The van der Waals surface area contributed by atoms with E-state index >= 15 is 0 Å². The van der Waals surface area contributed by atoms with Crippen LogP contribution in [0.2, 0.25) is 0 Å². The first-order valence-corrected chi connectivity index (χ1v) is 15.2.